The van der Waals surface area contributed by atoms with Crippen molar-refractivity contribution in [2.24, 2.45) is 0 Å². The Kier molecular flexibility index (Phi) is 6.76. The van der Waals surface area contributed by atoms with Crippen molar-refractivity contribution in [3.05, 3.63) is 70.9 Å². The van der Waals surface area contributed by atoms with Gasteiger partial charge in [0.05, 0.1) is 17.2 Å². The Morgan fingerprint density at radius 3 is 2.22 bits per heavy atom. The molecule has 0 bridgehead atoms. The van der Waals surface area contributed by atoms with Gasteiger partial charge in [0.25, 0.3) is 5.91 Å². The summed E-state index contributed by atoms with van der Waals surface area (Å²) < 4.78 is 80.1. The predicted molar refractivity (Wildman–Crippen MR) is 120 cm³/mol. The number of rotatable bonds is 4. The summed E-state index contributed by atoms with van der Waals surface area (Å²) >= 11 is 0. The summed E-state index contributed by atoms with van der Waals surface area (Å²) in [6.45, 7) is 1.92. The minimum Gasteiger partial charge on any atom is -0.361 e. The number of hydrogen-bond acceptors (Lipinski definition) is 2. The van der Waals surface area contributed by atoms with E-state index in [1.54, 1.807) is 18.0 Å². The van der Waals surface area contributed by atoms with Gasteiger partial charge in [-0.2, -0.15) is 26.3 Å². The van der Waals surface area contributed by atoms with Crippen molar-refractivity contribution >= 4 is 22.7 Å². The Bertz CT molecular complexity index is 1250. The van der Waals surface area contributed by atoms with Crippen LogP contribution in [0.25, 0.3) is 10.9 Å². The normalized spacial score (nSPS) is 17.0. The number of amides is 2. The number of para-hydroxylation sites is 1. The van der Waals surface area contributed by atoms with Crippen LogP contribution in [-0.2, 0) is 23.6 Å². The Labute approximate surface area is 202 Å². The highest BCUT2D eigenvalue weighted by Gasteiger charge is 2.39. The quantitative estimate of drug-likeness (QED) is 0.470. The van der Waals surface area contributed by atoms with E-state index >= 15 is 0 Å². The number of hydrogen-bond donors (Lipinski definition) is 1. The number of aromatic nitrogens is 1. The lowest BCUT2D eigenvalue weighted by atomic mass is 9.98. The maximum absolute atomic E-state index is 13.4. The second kappa shape index (κ2) is 9.51. The van der Waals surface area contributed by atoms with Gasteiger partial charge >= 0.3 is 12.4 Å². The monoisotopic (exact) mass is 511 g/mol. The number of carbonyl (C=O) groups excluding carboxylic acids is 2. The molecule has 1 atom stereocenters. The fourth-order valence-electron chi connectivity index (χ4n) is 4.55. The van der Waals surface area contributed by atoms with Crippen LogP contribution in [0.4, 0.5) is 26.3 Å². The number of alkyl halides is 6. The number of nitrogens with zero attached hydrogens (tertiary/aromatic N) is 2. The molecule has 192 valence electrons. The third-order valence-corrected chi connectivity index (χ3v) is 6.36. The van der Waals surface area contributed by atoms with E-state index in [2.05, 4.69) is 4.98 Å². The lowest BCUT2D eigenvalue weighted by molar-refractivity contribution is -0.143. The van der Waals surface area contributed by atoms with Gasteiger partial charge in [0.15, 0.2) is 0 Å². The van der Waals surface area contributed by atoms with Crippen LogP contribution >= 0.6 is 0 Å². The van der Waals surface area contributed by atoms with E-state index in [1.165, 1.54) is 4.90 Å². The highest BCUT2D eigenvalue weighted by molar-refractivity contribution is 5.95. The summed E-state index contributed by atoms with van der Waals surface area (Å²) in [5, 5.41) is 0.877. The Balaban J connectivity index is 1.72. The van der Waals surface area contributed by atoms with Crippen molar-refractivity contribution < 1.29 is 35.9 Å². The van der Waals surface area contributed by atoms with Crippen molar-refractivity contribution in [1.29, 1.82) is 0 Å². The standard InChI is InChI=1S/C25H23F6N3O2/c1-2-22(35)33-7-8-34(19(14-33)11-16-13-32-21-6-4-3-5-20(16)21)23(36)15-9-17(24(26,27)28)12-18(10-15)25(29,30)31/h3-6,9-10,12-13,19,32H,2,7-8,11,14H2,1H3. The van der Waals surface area contributed by atoms with Crippen LogP contribution in [0.3, 0.4) is 0 Å². The fraction of sp³-hybridized carbons (Fsp3) is 0.360. The molecule has 0 saturated carbocycles. The van der Waals surface area contributed by atoms with E-state index in [1.807, 2.05) is 24.3 Å². The number of aromatic amines is 1. The molecule has 2 amide bonds. The van der Waals surface area contributed by atoms with Crippen LogP contribution in [0.2, 0.25) is 0 Å². The van der Waals surface area contributed by atoms with Crippen molar-refractivity contribution in [3.63, 3.8) is 0 Å². The number of piperazine rings is 1. The van der Waals surface area contributed by atoms with Crippen LogP contribution < -0.4 is 0 Å². The molecule has 1 N–H and O–H groups in total. The molecule has 1 aromatic heterocycles. The Morgan fingerprint density at radius 1 is 0.972 bits per heavy atom. The van der Waals surface area contributed by atoms with Crippen LogP contribution in [-0.4, -0.2) is 52.3 Å². The van der Waals surface area contributed by atoms with Gasteiger partial charge in [0.2, 0.25) is 5.91 Å². The Hall–Kier alpha value is -3.50. The molecule has 1 saturated heterocycles. The van der Waals surface area contributed by atoms with Crippen LogP contribution in [0, 0.1) is 0 Å². The molecular weight excluding hydrogens is 488 g/mol. The summed E-state index contributed by atoms with van der Waals surface area (Å²) in [4.78, 5) is 31.7. The second-order valence-electron chi connectivity index (χ2n) is 8.70. The van der Waals surface area contributed by atoms with Gasteiger partial charge < -0.3 is 14.8 Å². The molecule has 0 spiro atoms. The zero-order chi connectivity index (χ0) is 26.3. The van der Waals surface area contributed by atoms with E-state index in [9.17, 15) is 35.9 Å². The molecular formula is C25H23F6N3O2. The maximum Gasteiger partial charge on any atom is 0.416 e. The number of nitrogens with one attached hydrogen (secondary N) is 1. The van der Waals surface area contributed by atoms with Crippen LogP contribution in [0.15, 0.2) is 48.7 Å². The lowest BCUT2D eigenvalue weighted by Gasteiger charge is -2.41. The summed E-state index contributed by atoms with van der Waals surface area (Å²) in [7, 11) is 0. The average Bonchev–Trinajstić information content (AvgIpc) is 3.24. The largest absolute Gasteiger partial charge is 0.416 e. The van der Waals surface area contributed by atoms with Gasteiger partial charge in [-0.25, -0.2) is 0 Å². The fourth-order valence-corrected chi connectivity index (χ4v) is 4.55. The number of benzene rings is 2. The minimum atomic E-state index is -5.06. The molecule has 1 aliphatic heterocycles. The summed E-state index contributed by atoms with van der Waals surface area (Å²) in [6, 6.07) is 7.64. The smallest absolute Gasteiger partial charge is 0.361 e. The van der Waals surface area contributed by atoms with Crippen molar-refractivity contribution in [2.45, 2.75) is 38.2 Å². The molecule has 3 aromatic rings. The number of H-pyrrole nitrogens is 1. The molecule has 1 unspecified atom stereocenters. The topological polar surface area (TPSA) is 56.4 Å². The number of fused-ring (bicyclic) bond motifs is 1. The first-order valence-electron chi connectivity index (χ1n) is 11.3. The average molecular weight is 511 g/mol. The van der Waals surface area contributed by atoms with E-state index in [4.69, 9.17) is 0 Å². The summed E-state index contributed by atoms with van der Waals surface area (Å²) in [6.07, 6.45) is -7.89. The van der Waals surface area contributed by atoms with Crippen molar-refractivity contribution in [2.75, 3.05) is 19.6 Å². The van der Waals surface area contributed by atoms with Crippen LogP contribution in [0.1, 0.15) is 40.4 Å². The summed E-state index contributed by atoms with van der Waals surface area (Å²) in [5.74, 6) is -1.09. The zero-order valence-electron chi connectivity index (χ0n) is 19.2. The van der Waals surface area contributed by atoms with E-state index in [0.717, 1.165) is 16.5 Å². The minimum absolute atomic E-state index is 0.00193. The van der Waals surface area contributed by atoms with Gasteiger partial charge in [0, 0.05) is 48.7 Å². The number of halogens is 6. The molecule has 0 aliphatic carbocycles. The van der Waals surface area contributed by atoms with Gasteiger partial charge in [-0.15, -0.1) is 0 Å². The lowest BCUT2D eigenvalue weighted by Crippen LogP contribution is -2.57. The van der Waals surface area contributed by atoms with Gasteiger partial charge in [-0.1, -0.05) is 25.1 Å². The second-order valence-corrected chi connectivity index (χ2v) is 8.70. The highest BCUT2D eigenvalue weighted by atomic mass is 19.4. The first kappa shape index (κ1) is 25.6. The van der Waals surface area contributed by atoms with Crippen LogP contribution in [0.5, 0.6) is 0 Å². The van der Waals surface area contributed by atoms with Gasteiger partial charge in [-0.05, 0) is 36.2 Å². The van der Waals surface area contributed by atoms with E-state index in [-0.39, 0.29) is 44.4 Å². The SMILES string of the molecule is CCC(=O)N1CCN(C(=O)c2cc(C(F)(F)F)cc(C(F)(F)F)c2)C(Cc2c[nH]c3ccccc23)C1. The number of carbonyl (C=O) groups is 2. The molecule has 2 aromatic carbocycles. The molecule has 36 heavy (non-hydrogen) atoms. The molecule has 1 fully saturated rings. The Morgan fingerprint density at radius 2 is 1.61 bits per heavy atom. The maximum atomic E-state index is 13.4. The molecule has 2 heterocycles. The molecule has 4 rings (SSSR count). The zero-order valence-corrected chi connectivity index (χ0v) is 19.2. The first-order chi connectivity index (χ1) is 16.9. The van der Waals surface area contributed by atoms with Crippen molar-refractivity contribution in [1.82, 2.24) is 14.8 Å². The van der Waals surface area contributed by atoms with Gasteiger partial charge in [0.1, 0.15) is 0 Å². The third kappa shape index (κ3) is 5.19. The predicted octanol–water partition coefficient (Wildman–Crippen LogP) is 5.51. The highest BCUT2D eigenvalue weighted by Crippen LogP contribution is 2.37. The van der Waals surface area contributed by atoms with E-state index in [0.29, 0.717) is 12.1 Å². The third-order valence-electron chi connectivity index (χ3n) is 6.36. The van der Waals surface area contributed by atoms with E-state index < -0.39 is 41.0 Å². The molecule has 11 heteroatoms. The van der Waals surface area contributed by atoms with Gasteiger partial charge in [-0.3, -0.25) is 9.59 Å². The molecule has 5 nitrogen and oxygen atoms in total. The summed E-state index contributed by atoms with van der Waals surface area (Å²) in [5.41, 5.74) is -2.13. The molecule has 1 aliphatic rings. The molecule has 0 radical (unpaired) electrons. The first-order valence-corrected chi connectivity index (χ1v) is 11.3. The van der Waals surface area contributed by atoms with Crippen molar-refractivity contribution in [3.8, 4) is 0 Å².